The lowest BCUT2D eigenvalue weighted by Gasteiger charge is -1.98. The molecule has 17 heavy (non-hydrogen) atoms. The van der Waals surface area contributed by atoms with Gasteiger partial charge in [-0.25, -0.2) is 0 Å². The summed E-state index contributed by atoms with van der Waals surface area (Å²) < 4.78 is 0. The molecule has 0 fully saturated rings. The van der Waals surface area contributed by atoms with Crippen molar-refractivity contribution in [2.24, 2.45) is 0 Å². The minimum absolute atomic E-state index is 0.698. The number of nitrogens with zero attached hydrogens (tertiary/aromatic N) is 1. The summed E-state index contributed by atoms with van der Waals surface area (Å²) in [5, 5.41) is 9.75. The molecule has 2 aromatic carbocycles. The molecule has 0 bridgehead atoms. The minimum Gasteiger partial charge on any atom is -0.277 e. The summed E-state index contributed by atoms with van der Waals surface area (Å²) in [5.74, 6) is 0. The van der Waals surface area contributed by atoms with Gasteiger partial charge in [-0.2, -0.15) is 5.10 Å². The van der Waals surface area contributed by atoms with E-state index < -0.39 is 0 Å². The van der Waals surface area contributed by atoms with E-state index in [1.807, 2.05) is 42.5 Å². The molecule has 0 aliphatic carbocycles. The fraction of sp³-hybridized carbons (Fsp3) is 0. The van der Waals surface area contributed by atoms with Crippen LogP contribution in [0.3, 0.4) is 0 Å². The highest BCUT2D eigenvalue weighted by atomic mass is 35.5. The summed E-state index contributed by atoms with van der Waals surface area (Å²) in [6, 6.07) is 13.3. The van der Waals surface area contributed by atoms with Crippen LogP contribution in [0.2, 0.25) is 10.0 Å². The Morgan fingerprint density at radius 1 is 0.882 bits per heavy atom. The molecule has 0 spiro atoms. The summed E-state index contributed by atoms with van der Waals surface area (Å²) in [4.78, 5) is 0. The molecule has 0 atom stereocenters. The Hall–Kier alpha value is -1.51. The van der Waals surface area contributed by atoms with Gasteiger partial charge in [0.25, 0.3) is 0 Å². The number of hydrogen-bond acceptors (Lipinski definition) is 1. The summed E-state index contributed by atoms with van der Waals surface area (Å²) in [6.07, 6.45) is 0. The van der Waals surface area contributed by atoms with Crippen LogP contribution >= 0.6 is 23.2 Å². The van der Waals surface area contributed by atoms with E-state index in [1.54, 1.807) is 0 Å². The second-order valence-electron chi connectivity index (χ2n) is 3.77. The van der Waals surface area contributed by atoms with Gasteiger partial charge in [0.1, 0.15) is 0 Å². The fourth-order valence-electron chi connectivity index (χ4n) is 1.82. The van der Waals surface area contributed by atoms with Gasteiger partial charge in [-0.05, 0) is 30.3 Å². The molecule has 4 heteroatoms. The van der Waals surface area contributed by atoms with Crippen LogP contribution in [-0.2, 0) is 0 Å². The van der Waals surface area contributed by atoms with E-state index in [4.69, 9.17) is 23.2 Å². The molecule has 0 aliphatic heterocycles. The van der Waals surface area contributed by atoms with Crippen molar-refractivity contribution >= 4 is 34.1 Å². The SMILES string of the molecule is Clc1ccc(-c2n[nH]c3cc(Cl)ccc23)cc1. The van der Waals surface area contributed by atoms with Crippen molar-refractivity contribution < 1.29 is 0 Å². The van der Waals surface area contributed by atoms with E-state index in [-0.39, 0.29) is 0 Å². The molecule has 3 rings (SSSR count). The number of hydrogen-bond donors (Lipinski definition) is 1. The lowest BCUT2D eigenvalue weighted by molar-refractivity contribution is 1.12. The Morgan fingerprint density at radius 2 is 1.59 bits per heavy atom. The van der Waals surface area contributed by atoms with Crippen LogP contribution in [-0.4, -0.2) is 10.2 Å². The van der Waals surface area contributed by atoms with Crippen LogP contribution < -0.4 is 0 Å². The highest BCUT2D eigenvalue weighted by Crippen LogP contribution is 2.28. The van der Waals surface area contributed by atoms with E-state index in [9.17, 15) is 0 Å². The first-order chi connectivity index (χ1) is 8.24. The number of aromatic amines is 1. The zero-order chi connectivity index (χ0) is 11.8. The maximum atomic E-state index is 5.93. The molecule has 1 heterocycles. The lowest BCUT2D eigenvalue weighted by Crippen LogP contribution is -1.78. The predicted octanol–water partition coefficient (Wildman–Crippen LogP) is 4.54. The molecule has 2 nitrogen and oxygen atoms in total. The third-order valence-corrected chi connectivity index (χ3v) is 3.13. The van der Waals surface area contributed by atoms with Crippen LogP contribution in [0.1, 0.15) is 0 Å². The molecule has 0 saturated carbocycles. The number of aromatic nitrogens is 2. The Bertz CT molecular complexity index is 671. The summed E-state index contributed by atoms with van der Waals surface area (Å²) in [6.45, 7) is 0. The van der Waals surface area contributed by atoms with Crippen molar-refractivity contribution in [3.05, 3.63) is 52.5 Å². The van der Waals surface area contributed by atoms with Gasteiger partial charge in [0, 0.05) is 21.0 Å². The van der Waals surface area contributed by atoms with Gasteiger partial charge in [-0.1, -0.05) is 35.3 Å². The van der Waals surface area contributed by atoms with E-state index >= 15 is 0 Å². The van der Waals surface area contributed by atoms with Crippen LogP contribution in [0.25, 0.3) is 22.2 Å². The molecule has 1 N–H and O–H groups in total. The smallest absolute Gasteiger partial charge is 0.0999 e. The topological polar surface area (TPSA) is 28.7 Å². The van der Waals surface area contributed by atoms with Gasteiger partial charge in [0.15, 0.2) is 0 Å². The fourth-order valence-corrected chi connectivity index (χ4v) is 2.12. The van der Waals surface area contributed by atoms with Gasteiger partial charge in [-0.3, -0.25) is 5.10 Å². The summed E-state index contributed by atoms with van der Waals surface area (Å²) >= 11 is 11.8. The van der Waals surface area contributed by atoms with E-state index in [1.165, 1.54) is 0 Å². The molecular formula is C13H8Cl2N2. The second kappa shape index (κ2) is 4.06. The van der Waals surface area contributed by atoms with Crippen molar-refractivity contribution in [3.63, 3.8) is 0 Å². The van der Waals surface area contributed by atoms with Crippen LogP contribution in [0.15, 0.2) is 42.5 Å². The maximum absolute atomic E-state index is 5.93. The van der Waals surface area contributed by atoms with Crippen molar-refractivity contribution in [1.29, 1.82) is 0 Å². The maximum Gasteiger partial charge on any atom is 0.0999 e. The van der Waals surface area contributed by atoms with Gasteiger partial charge >= 0.3 is 0 Å². The van der Waals surface area contributed by atoms with Gasteiger partial charge in [-0.15, -0.1) is 0 Å². The summed E-state index contributed by atoms with van der Waals surface area (Å²) in [5.41, 5.74) is 2.87. The third-order valence-electron chi connectivity index (χ3n) is 2.64. The number of halogens is 2. The number of fused-ring (bicyclic) bond motifs is 1. The number of benzene rings is 2. The zero-order valence-electron chi connectivity index (χ0n) is 8.74. The molecule has 84 valence electrons. The first-order valence-electron chi connectivity index (χ1n) is 5.13. The lowest BCUT2D eigenvalue weighted by atomic mass is 10.1. The Balaban J connectivity index is 2.21. The van der Waals surface area contributed by atoms with Crippen molar-refractivity contribution in [3.8, 4) is 11.3 Å². The van der Waals surface area contributed by atoms with Crippen LogP contribution in [0.4, 0.5) is 0 Å². The quantitative estimate of drug-likeness (QED) is 0.686. The molecule has 0 aliphatic rings. The van der Waals surface area contributed by atoms with Gasteiger partial charge in [0.05, 0.1) is 11.2 Å². The van der Waals surface area contributed by atoms with Crippen LogP contribution in [0, 0.1) is 0 Å². The van der Waals surface area contributed by atoms with E-state index in [2.05, 4.69) is 10.2 Å². The predicted molar refractivity (Wildman–Crippen MR) is 71.5 cm³/mol. The largest absolute Gasteiger partial charge is 0.277 e. The van der Waals surface area contributed by atoms with Crippen LogP contribution in [0.5, 0.6) is 0 Å². The molecule has 3 aromatic rings. The third kappa shape index (κ3) is 1.90. The van der Waals surface area contributed by atoms with Gasteiger partial charge < -0.3 is 0 Å². The standard InChI is InChI=1S/C13H8Cl2N2/c14-9-3-1-8(2-4-9)13-11-6-5-10(15)7-12(11)16-17-13/h1-7H,(H,16,17). The molecule has 0 saturated heterocycles. The molecule has 0 amide bonds. The average Bonchev–Trinajstić information content (AvgIpc) is 2.73. The normalized spacial score (nSPS) is 10.9. The van der Waals surface area contributed by atoms with E-state index in [0.29, 0.717) is 5.02 Å². The first-order valence-corrected chi connectivity index (χ1v) is 5.89. The van der Waals surface area contributed by atoms with Gasteiger partial charge in [0.2, 0.25) is 0 Å². The summed E-state index contributed by atoms with van der Waals surface area (Å²) in [7, 11) is 0. The Labute approximate surface area is 108 Å². The van der Waals surface area contributed by atoms with Crippen molar-refractivity contribution in [2.45, 2.75) is 0 Å². The van der Waals surface area contributed by atoms with E-state index in [0.717, 1.165) is 27.2 Å². The van der Waals surface area contributed by atoms with Crippen molar-refractivity contribution in [1.82, 2.24) is 10.2 Å². The molecular weight excluding hydrogens is 255 g/mol. The minimum atomic E-state index is 0.698. The number of nitrogens with one attached hydrogen (secondary N) is 1. The monoisotopic (exact) mass is 262 g/mol. The molecule has 0 radical (unpaired) electrons. The van der Waals surface area contributed by atoms with Crippen molar-refractivity contribution in [2.75, 3.05) is 0 Å². The number of H-pyrrole nitrogens is 1. The molecule has 1 aromatic heterocycles. The Morgan fingerprint density at radius 3 is 2.35 bits per heavy atom. The zero-order valence-corrected chi connectivity index (χ0v) is 10.3. The number of rotatable bonds is 1. The highest BCUT2D eigenvalue weighted by Gasteiger charge is 2.07. The molecule has 0 unspecified atom stereocenters. The second-order valence-corrected chi connectivity index (χ2v) is 4.64. The Kier molecular flexibility index (Phi) is 2.54. The first kappa shape index (κ1) is 10.6. The average molecular weight is 263 g/mol. The highest BCUT2D eigenvalue weighted by molar-refractivity contribution is 6.31.